The van der Waals surface area contributed by atoms with E-state index >= 15 is 0 Å². The number of hydrogen-bond acceptors (Lipinski definition) is 2. The van der Waals surface area contributed by atoms with Crippen LogP contribution in [0.1, 0.15) is 24.5 Å². The van der Waals surface area contributed by atoms with Crippen LogP contribution in [0.2, 0.25) is 5.02 Å². The molecule has 3 heteroatoms. The molecule has 0 unspecified atom stereocenters. The number of rotatable bonds is 2. The lowest BCUT2D eigenvalue weighted by Gasteiger charge is -2.01. The summed E-state index contributed by atoms with van der Waals surface area (Å²) in [5, 5.41) is 0.746. The van der Waals surface area contributed by atoms with E-state index in [1.807, 2.05) is 18.2 Å². The highest BCUT2D eigenvalue weighted by Gasteiger charge is 2.17. The lowest BCUT2D eigenvalue weighted by atomic mass is 10.1. The number of halogens is 1. The molecular weight excluding hydrogens is 224 g/mol. The van der Waals surface area contributed by atoms with Crippen LogP contribution in [-0.2, 0) is 16.0 Å². The molecule has 0 amide bonds. The average Bonchev–Trinajstić information content (AvgIpc) is 2.61. The molecule has 0 N–H and O–H groups in total. The molecule has 0 saturated carbocycles. The molecule has 84 valence electrons. The van der Waals surface area contributed by atoms with Gasteiger partial charge in [-0.1, -0.05) is 17.7 Å². The van der Waals surface area contributed by atoms with Gasteiger partial charge in [-0.05, 0) is 48.6 Å². The lowest BCUT2D eigenvalue weighted by molar-refractivity contribution is -0.137. The Morgan fingerprint density at radius 3 is 3.06 bits per heavy atom. The lowest BCUT2D eigenvalue weighted by Crippen LogP contribution is -2.00. The topological polar surface area (TPSA) is 26.3 Å². The first-order valence-electron chi connectivity index (χ1n) is 5.37. The van der Waals surface area contributed by atoms with Crippen molar-refractivity contribution in [3.05, 3.63) is 40.4 Å². The van der Waals surface area contributed by atoms with Gasteiger partial charge in [-0.25, -0.2) is 4.79 Å². The van der Waals surface area contributed by atoms with Gasteiger partial charge in [0.25, 0.3) is 0 Å². The second-order valence-corrected chi connectivity index (χ2v) is 4.16. The van der Waals surface area contributed by atoms with Crippen molar-refractivity contribution < 1.29 is 9.53 Å². The SMILES string of the molecule is CCOC(=O)/C=C1\CCc2cc(Cl)ccc21. The molecule has 1 aliphatic carbocycles. The molecule has 0 saturated heterocycles. The van der Waals surface area contributed by atoms with E-state index in [0.717, 1.165) is 29.0 Å². The van der Waals surface area contributed by atoms with Crippen molar-refractivity contribution in [1.29, 1.82) is 0 Å². The summed E-state index contributed by atoms with van der Waals surface area (Å²) in [5.74, 6) is -0.264. The van der Waals surface area contributed by atoms with Crippen LogP contribution in [0.5, 0.6) is 0 Å². The number of ether oxygens (including phenoxy) is 1. The van der Waals surface area contributed by atoms with Gasteiger partial charge in [0.1, 0.15) is 0 Å². The van der Waals surface area contributed by atoms with Crippen LogP contribution in [0.4, 0.5) is 0 Å². The fourth-order valence-corrected chi connectivity index (χ4v) is 2.16. The second-order valence-electron chi connectivity index (χ2n) is 3.72. The quantitative estimate of drug-likeness (QED) is 0.582. The van der Waals surface area contributed by atoms with Gasteiger partial charge < -0.3 is 4.74 Å². The summed E-state index contributed by atoms with van der Waals surface area (Å²) in [6.07, 6.45) is 3.42. The van der Waals surface area contributed by atoms with Crippen LogP contribution < -0.4 is 0 Å². The van der Waals surface area contributed by atoms with Crippen LogP contribution in [0.25, 0.3) is 5.57 Å². The van der Waals surface area contributed by atoms with Crippen LogP contribution in [0.15, 0.2) is 24.3 Å². The monoisotopic (exact) mass is 236 g/mol. The third kappa shape index (κ3) is 2.27. The molecule has 0 fully saturated rings. The summed E-state index contributed by atoms with van der Waals surface area (Å²) in [4.78, 5) is 11.4. The molecule has 0 heterocycles. The summed E-state index contributed by atoms with van der Waals surface area (Å²) < 4.78 is 4.90. The van der Waals surface area contributed by atoms with Gasteiger partial charge in [-0.15, -0.1) is 0 Å². The van der Waals surface area contributed by atoms with Gasteiger partial charge >= 0.3 is 5.97 Å². The van der Waals surface area contributed by atoms with Gasteiger partial charge in [0.2, 0.25) is 0 Å². The van der Waals surface area contributed by atoms with Gasteiger partial charge in [0.15, 0.2) is 0 Å². The molecular formula is C13H13ClO2. The smallest absolute Gasteiger partial charge is 0.331 e. The fraction of sp³-hybridized carbons (Fsp3) is 0.308. The first kappa shape index (κ1) is 11.2. The van der Waals surface area contributed by atoms with E-state index in [-0.39, 0.29) is 5.97 Å². The van der Waals surface area contributed by atoms with Crippen LogP contribution in [0, 0.1) is 0 Å². The molecule has 1 aliphatic rings. The van der Waals surface area contributed by atoms with Crippen molar-refractivity contribution in [2.45, 2.75) is 19.8 Å². The average molecular weight is 237 g/mol. The van der Waals surface area contributed by atoms with E-state index in [1.165, 1.54) is 5.56 Å². The predicted octanol–water partition coefficient (Wildman–Crippen LogP) is 3.23. The number of carbonyl (C=O) groups excluding carboxylic acids is 1. The largest absolute Gasteiger partial charge is 0.463 e. The van der Waals surface area contributed by atoms with Crippen molar-refractivity contribution in [1.82, 2.24) is 0 Å². The number of allylic oxidation sites excluding steroid dienone is 1. The van der Waals surface area contributed by atoms with Crippen molar-refractivity contribution in [2.75, 3.05) is 6.61 Å². The summed E-state index contributed by atoms with van der Waals surface area (Å²) in [6, 6.07) is 5.78. The molecule has 2 nitrogen and oxygen atoms in total. The zero-order valence-corrected chi connectivity index (χ0v) is 9.88. The molecule has 16 heavy (non-hydrogen) atoms. The third-order valence-electron chi connectivity index (χ3n) is 2.66. The predicted molar refractivity (Wildman–Crippen MR) is 64.4 cm³/mol. The van der Waals surface area contributed by atoms with Crippen molar-refractivity contribution >= 4 is 23.1 Å². The Kier molecular flexibility index (Phi) is 3.30. The molecule has 1 aromatic carbocycles. The zero-order valence-electron chi connectivity index (χ0n) is 9.13. The third-order valence-corrected chi connectivity index (χ3v) is 2.89. The van der Waals surface area contributed by atoms with Crippen LogP contribution in [0.3, 0.4) is 0 Å². The molecule has 0 spiro atoms. The Morgan fingerprint density at radius 1 is 1.50 bits per heavy atom. The minimum absolute atomic E-state index is 0.264. The molecule has 0 atom stereocenters. The fourth-order valence-electron chi connectivity index (χ4n) is 1.96. The molecule has 0 radical (unpaired) electrons. The maximum atomic E-state index is 11.4. The Balaban J connectivity index is 2.26. The highest BCUT2D eigenvalue weighted by Crippen LogP contribution is 2.33. The van der Waals surface area contributed by atoms with E-state index in [2.05, 4.69) is 0 Å². The molecule has 0 bridgehead atoms. The van der Waals surface area contributed by atoms with Crippen LogP contribution >= 0.6 is 11.6 Å². The summed E-state index contributed by atoms with van der Waals surface area (Å²) in [5.41, 5.74) is 3.38. The summed E-state index contributed by atoms with van der Waals surface area (Å²) in [6.45, 7) is 2.22. The Hall–Kier alpha value is -1.28. The Bertz CT molecular complexity index is 449. The number of carbonyl (C=O) groups is 1. The number of hydrogen-bond donors (Lipinski definition) is 0. The van der Waals surface area contributed by atoms with Gasteiger partial charge in [0.05, 0.1) is 6.61 Å². The van der Waals surface area contributed by atoms with Gasteiger partial charge in [0, 0.05) is 11.1 Å². The summed E-state index contributed by atoms with van der Waals surface area (Å²) >= 11 is 5.92. The Morgan fingerprint density at radius 2 is 2.31 bits per heavy atom. The highest BCUT2D eigenvalue weighted by atomic mass is 35.5. The van der Waals surface area contributed by atoms with E-state index in [4.69, 9.17) is 16.3 Å². The number of esters is 1. The minimum Gasteiger partial charge on any atom is -0.463 e. The van der Waals surface area contributed by atoms with E-state index in [1.54, 1.807) is 13.0 Å². The molecule has 0 aromatic heterocycles. The zero-order chi connectivity index (χ0) is 11.5. The van der Waals surface area contributed by atoms with Crippen molar-refractivity contribution in [3.8, 4) is 0 Å². The first-order valence-corrected chi connectivity index (χ1v) is 5.74. The number of benzene rings is 1. The number of fused-ring (bicyclic) bond motifs is 1. The standard InChI is InChI=1S/C13H13ClO2/c1-2-16-13(15)8-10-4-3-9-7-11(14)5-6-12(9)10/h5-8H,2-4H2,1H3/b10-8+. The van der Waals surface area contributed by atoms with E-state index < -0.39 is 0 Å². The Labute approximate surface area is 99.9 Å². The number of aryl methyl sites for hydroxylation is 1. The van der Waals surface area contributed by atoms with Crippen LogP contribution in [-0.4, -0.2) is 12.6 Å². The summed E-state index contributed by atoms with van der Waals surface area (Å²) in [7, 11) is 0. The normalized spacial score (nSPS) is 16.2. The maximum Gasteiger partial charge on any atom is 0.331 e. The van der Waals surface area contributed by atoms with Gasteiger partial charge in [-0.2, -0.15) is 0 Å². The maximum absolute atomic E-state index is 11.4. The highest BCUT2D eigenvalue weighted by molar-refractivity contribution is 6.30. The van der Waals surface area contributed by atoms with Crippen molar-refractivity contribution in [2.24, 2.45) is 0 Å². The molecule has 0 aliphatic heterocycles. The van der Waals surface area contributed by atoms with Crippen molar-refractivity contribution in [3.63, 3.8) is 0 Å². The van der Waals surface area contributed by atoms with Gasteiger partial charge in [-0.3, -0.25) is 0 Å². The van der Waals surface area contributed by atoms with E-state index in [9.17, 15) is 4.79 Å². The second kappa shape index (κ2) is 4.71. The minimum atomic E-state index is -0.264. The molecule has 2 rings (SSSR count). The van der Waals surface area contributed by atoms with E-state index in [0.29, 0.717) is 6.61 Å². The molecule has 1 aromatic rings. The first-order chi connectivity index (χ1) is 7.70.